The lowest BCUT2D eigenvalue weighted by molar-refractivity contribution is 0.101. The first-order chi connectivity index (χ1) is 8.58. The van der Waals surface area contributed by atoms with E-state index in [1.54, 1.807) is 13.0 Å². The zero-order chi connectivity index (χ0) is 13.1. The van der Waals surface area contributed by atoms with Crippen molar-refractivity contribution in [2.24, 2.45) is 0 Å². The summed E-state index contributed by atoms with van der Waals surface area (Å²) >= 11 is 0. The Kier molecular flexibility index (Phi) is 3.87. The minimum absolute atomic E-state index is 0.00846. The maximum Gasteiger partial charge on any atom is 0.161 e. The van der Waals surface area contributed by atoms with Crippen LogP contribution in [0.25, 0.3) is 0 Å². The molecule has 1 fully saturated rings. The smallest absolute Gasteiger partial charge is 0.161 e. The van der Waals surface area contributed by atoms with Gasteiger partial charge in [0.2, 0.25) is 0 Å². The van der Waals surface area contributed by atoms with E-state index < -0.39 is 0 Å². The predicted octanol–water partition coefficient (Wildman–Crippen LogP) is 1.98. The van der Waals surface area contributed by atoms with Crippen LogP contribution in [-0.2, 0) is 0 Å². The van der Waals surface area contributed by atoms with Gasteiger partial charge in [0.05, 0.1) is 0 Å². The van der Waals surface area contributed by atoms with Crippen LogP contribution in [0.4, 0.5) is 11.4 Å². The summed E-state index contributed by atoms with van der Waals surface area (Å²) in [5, 5.41) is 3.39. The van der Waals surface area contributed by atoms with Gasteiger partial charge in [-0.2, -0.15) is 0 Å². The van der Waals surface area contributed by atoms with Gasteiger partial charge in [-0.25, -0.2) is 0 Å². The molecule has 4 heteroatoms. The molecule has 0 saturated carbocycles. The summed E-state index contributed by atoms with van der Waals surface area (Å²) in [4.78, 5) is 13.8. The number of hydrogen-bond donors (Lipinski definition) is 2. The van der Waals surface area contributed by atoms with Crippen molar-refractivity contribution in [3.63, 3.8) is 0 Å². The highest BCUT2D eigenvalue weighted by atomic mass is 16.1. The molecule has 4 nitrogen and oxygen atoms in total. The van der Waals surface area contributed by atoms with E-state index in [1.165, 1.54) is 19.4 Å². The largest absolute Gasteiger partial charge is 0.398 e. The number of likely N-dealkylation sites (tertiary alicyclic amines) is 1. The predicted molar refractivity (Wildman–Crippen MR) is 75.0 cm³/mol. The maximum atomic E-state index is 11.4. The van der Waals surface area contributed by atoms with Crippen molar-refractivity contribution in [1.29, 1.82) is 0 Å². The van der Waals surface area contributed by atoms with E-state index in [4.69, 9.17) is 5.73 Å². The van der Waals surface area contributed by atoms with Gasteiger partial charge in [0.1, 0.15) is 0 Å². The number of ketones is 1. The van der Waals surface area contributed by atoms with Crippen molar-refractivity contribution in [1.82, 2.24) is 4.90 Å². The van der Waals surface area contributed by atoms with Gasteiger partial charge in [-0.15, -0.1) is 0 Å². The number of nitrogen functional groups attached to an aromatic ring is 1. The molecular formula is C14H21N3O. The molecule has 0 radical (unpaired) electrons. The zero-order valence-corrected chi connectivity index (χ0v) is 11.1. The fourth-order valence-corrected chi connectivity index (χ4v) is 2.44. The van der Waals surface area contributed by atoms with Gasteiger partial charge in [0.25, 0.3) is 0 Å². The molecule has 1 atom stereocenters. The Morgan fingerprint density at radius 3 is 2.94 bits per heavy atom. The average molecular weight is 247 g/mol. The first-order valence-corrected chi connectivity index (χ1v) is 6.42. The van der Waals surface area contributed by atoms with E-state index in [0.29, 0.717) is 17.3 Å². The second-order valence-electron chi connectivity index (χ2n) is 5.02. The normalized spacial score (nSPS) is 20.0. The Hall–Kier alpha value is -1.55. The number of nitrogens with zero attached hydrogens (tertiary/aromatic N) is 1. The van der Waals surface area contributed by atoms with E-state index in [2.05, 4.69) is 17.3 Å². The summed E-state index contributed by atoms with van der Waals surface area (Å²) in [6.07, 6.45) is 2.50. The monoisotopic (exact) mass is 247 g/mol. The van der Waals surface area contributed by atoms with Gasteiger partial charge in [-0.3, -0.25) is 4.79 Å². The molecule has 98 valence electrons. The van der Waals surface area contributed by atoms with Crippen molar-refractivity contribution >= 4 is 17.2 Å². The van der Waals surface area contributed by atoms with Crippen LogP contribution in [0, 0.1) is 0 Å². The number of carbonyl (C=O) groups excluding carboxylic acids is 1. The molecule has 3 N–H and O–H groups in total. The molecular weight excluding hydrogens is 226 g/mol. The molecule has 1 aromatic rings. The Labute approximate surface area is 108 Å². The van der Waals surface area contributed by atoms with Crippen LogP contribution in [0.3, 0.4) is 0 Å². The third kappa shape index (κ3) is 2.82. The first-order valence-electron chi connectivity index (χ1n) is 6.42. The van der Waals surface area contributed by atoms with Gasteiger partial charge in [0, 0.05) is 29.5 Å². The molecule has 0 bridgehead atoms. The third-order valence-electron chi connectivity index (χ3n) is 3.65. The van der Waals surface area contributed by atoms with Gasteiger partial charge in [-0.05, 0) is 51.6 Å². The van der Waals surface area contributed by atoms with Gasteiger partial charge < -0.3 is 16.0 Å². The van der Waals surface area contributed by atoms with Crippen LogP contribution in [-0.4, -0.2) is 36.9 Å². The topological polar surface area (TPSA) is 58.4 Å². The quantitative estimate of drug-likeness (QED) is 0.631. The number of Topliss-reactive ketones (excluding diaryl/α,β-unsaturated/α-hetero) is 1. The zero-order valence-electron chi connectivity index (χ0n) is 11.1. The number of hydrogen-bond acceptors (Lipinski definition) is 4. The summed E-state index contributed by atoms with van der Waals surface area (Å²) in [5.74, 6) is 0.00846. The minimum atomic E-state index is 0.00846. The van der Waals surface area contributed by atoms with Gasteiger partial charge >= 0.3 is 0 Å². The van der Waals surface area contributed by atoms with Crippen LogP contribution in [0.2, 0.25) is 0 Å². The van der Waals surface area contributed by atoms with E-state index in [1.807, 2.05) is 12.1 Å². The Morgan fingerprint density at radius 1 is 1.56 bits per heavy atom. The summed E-state index contributed by atoms with van der Waals surface area (Å²) in [5.41, 5.74) is 7.89. The fraction of sp³-hybridized carbons (Fsp3) is 0.500. The summed E-state index contributed by atoms with van der Waals surface area (Å²) in [7, 11) is 2.16. The average Bonchev–Trinajstić information content (AvgIpc) is 2.73. The number of nitrogens with one attached hydrogen (secondary N) is 1. The van der Waals surface area contributed by atoms with E-state index in [-0.39, 0.29) is 5.78 Å². The molecule has 18 heavy (non-hydrogen) atoms. The molecule has 1 heterocycles. The van der Waals surface area contributed by atoms with Crippen LogP contribution in [0.1, 0.15) is 30.1 Å². The summed E-state index contributed by atoms with van der Waals surface area (Å²) < 4.78 is 0. The minimum Gasteiger partial charge on any atom is -0.398 e. The lowest BCUT2D eigenvalue weighted by Gasteiger charge is -2.20. The number of benzene rings is 1. The molecule has 0 spiro atoms. The molecule has 1 aliphatic rings. The fourth-order valence-electron chi connectivity index (χ4n) is 2.44. The molecule has 0 aliphatic carbocycles. The van der Waals surface area contributed by atoms with E-state index in [0.717, 1.165) is 12.2 Å². The Bertz CT molecular complexity index is 445. The number of anilines is 2. The second-order valence-corrected chi connectivity index (χ2v) is 5.02. The Morgan fingerprint density at radius 2 is 2.33 bits per heavy atom. The third-order valence-corrected chi connectivity index (χ3v) is 3.65. The molecule has 2 rings (SSSR count). The van der Waals surface area contributed by atoms with Crippen molar-refractivity contribution in [2.45, 2.75) is 25.8 Å². The van der Waals surface area contributed by atoms with Crippen molar-refractivity contribution in [3.8, 4) is 0 Å². The van der Waals surface area contributed by atoms with Crippen molar-refractivity contribution < 1.29 is 4.79 Å². The molecule has 1 unspecified atom stereocenters. The van der Waals surface area contributed by atoms with Crippen LogP contribution >= 0.6 is 0 Å². The van der Waals surface area contributed by atoms with Crippen LogP contribution < -0.4 is 11.1 Å². The molecule has 1 saturated heterocycles. The SMILES string of the molecule is CC(=O)c1cc(NCC2CCCN2C)ccc1N. The highest BCUT2D eigenvalue weighted by Crippen LogP contribution is 2.20. The van der Waals surface area contributed by atoms with Crippen molar-refractivity contribution in [2.75, 3.05) is 31.2 Å². The van der Waals surface area contributed by atoms with E-state index in [9.17, 15) is 4.79 Å². The highest BCUT2D eigenvalue weighted by Gasteiger charge is 2.20. The van der Waals surface area contributed by atoms with E-state index >= 15 is 0 Å². The number of nitrogens with two attached hydrogens (primary N) is 1. The van der Waals surface area contributed by atoms with Crippen LogP contribution in [0.5, 0.6) is 0 Å². The number of carbonyl (C=O) groups is 1. The number of likely N-dealkylation sites (N-methyl/N-ethyl adjacent to an activating group) is 1. The van der Waals surface area contributed by atoms with Crippen LogP contribution in [0.15, 0.2) is 18.2 Å². The molecule has 0 amide bonds. The Balaban J connectivity index is 2.01. The first kappa shape index (κ1) is 12.9. The highest BCUT2D eigenvalue weighted by molar-refractivity contribution is 5.99. The van der Waals surface area contributed by atoms with Gasteiger partial charge in [-0.1, -0.05) is 0 Å². The summed E-state index contributed by atoms with van der Waals surface area (Å²) in [6, 6.07) is 6.14. The standard InChI is InChI=1S/C14H21N3O/c1-10(18)13-8-11(5-6-14(13)15)16-9-12-4-3-7-17(12)2/h5-6,8,12,16H,3-4,7,9,15H2,1-2H3. The molecule has 1 aliphatic heterocycles. The second kappa shape index (κ2) is 5.40. The molecule has 0 aromatic heterocycles. The lowest BCUT2D eigenvalue weighted by atomic mass is 10.1. The van der Waals surface area contributed by atoms with Crippen molar-refractivity contribution in [3.05, 3.63) is 23.8 Å². The van der Waals surface area contributed by atoms with Gasteiger partial charge in [0.15, 0.2) is 5.78 Å². The maximum absolute atomic E-state index is 11.4. The number of rotatable bonds is 4. The summed E-state index contributed by atoms with van der Waals surface area (Å²) in [6.45, 7) is 3.63. The lowest BCUT2D eigenvalue weighted by Crippen LogP contribution is -2.31. The molecule has 1 aromatic carbocycles.